The van der Waals surface area contributed by atoms with E-state index in [-0.39, 0.29) is 17.5 Å². The lowest BCUT2D eigenvalue weighted by Crippen LogP contribution is -2.45. The van der Waals surface area contributed by atoms with Gasteiger partial charge in [-0.3, -0.25) is 9.69 Å². The van der Waals surface area contributed by atoms with E-state index in [1.165, 1.54) is 10.5 Å². The molecule has 0 unspecified atom stereocenters. The van der Waals surface area contributed by atoms with E-state index in [4.69, 9.17) is 0 Å². The Hall–Kier alpha value is -1.88. The molecule has 0 bridgehead atoms. The molecule has 3 rings (SSSR count). The van der Waals surface area contributed by atoms with Crippen LogP contribution in [0.5, 0.6) is 0 Å². The number of nitrogens with one attached hydrogen (secondary N) is 2. The second-order valence-corrected chi connectivity index (χ2v) is 7.09. The summed E-state index contributed by atoms with van der Waals surface area (Å²) in [5, 5.41) is 6.37. The first-order valence-corrected chi connectivity index (χ1v) is 8.39. The van der Waals surface area contributed by atoms with Gasteiger partial charge in [0.05, 0.1) is 0 Å². The van der Waals surface area contributed by atoms with Crippen LogP contribution in [0.15, 0.2) is 30.3 Å². The number of urea groups is 1. The van der Waals surface area contributed by atoms with Crippen LogP contribution in [0.3, 0.4) is 0 Å². The van der Waals surface area contributed by atoms with Crippen LogP contribution < -0.4 is 10.6 Å². The van der Waals surface area contributed by atoms with Crippen molar-refractivity contribution in [2.45, 2.75) is 50.6 Å². The van der Waals surface area contributed by atoms with Crippen molar-refractivity contribution in [3.05, 3.63) is 35.9 Å². The van der Waals surface area contributed by atoms with E-state index in [2.05, 4.69) is 36.6 Å². The molecule has 1 saturated heterocycles. The number of nitrogens with zero attached hydrogens (tertiary/aromatic N) is 1. The van der Waals surface area contributed by atoms with Crippen molar-refractivity contribution < 1.29 is 9.59 Å². The van der Waals surface area contributed by atoms with Crippen LogP contribution >= 0.6 is 0 Å². The summed E-state index contributed by atoms with van der Waals surface area (Å²) in [5.74, 6) is -0.0423. The summed E-state index contributed by atoms with van der Waals surface area (Å²) in [6.07, 6.45) is 3.58. The molecule has 2 N–H and O–H groups in total. The predicted molar refractivity (Wildman–Crippen MR) is 88.9 cm³/mol. The Morgan fingerprint density at radius 2 is 1.83 bits per heavy atom. The molecule has 2 fully saturated rings. The molecule has 5 heteroatoms. The van der Waals surface area contributed by atoms with Crippen molar-refractivity contribution in [3.8, 4) is 0 Å². The highest BCUT2D eigenvalue weighted by molar-refractivity contribution is 6.07. The van der Waals surface area contributed by atoms with Gasteiger partial charge in [-0.2, -0.15) is 0 Å². The first-order chi connectivity index (χ1) is 10.9. The Bertz CT molecular complexity index is 592. The van der Waals surface area contributed by atoms with Crippen molar-refractivity contribution in [1.29, 1.82) is 0 Å². The molecular formula is C18H25N3O2. The topological polar surface area (TPSA) is 61.4 Å². The van der Waals surface area contributed by atoms with Gasteiger partial charge in [-0.25, -0.2) is 4.79 Å². The van der Waals surface area contributed by atoms with Gasteiger partial charge in [0.2, 0.25) is 0 Å². The number of hydrogen-bond donors (Lipinski definition) is 2. The van der Waals surface area contributed by atoms with Crippen LogP contribution in [0.4, 0.5) is 4.79 Å². The van der Waals surface area contributed by atoms with Gasteiger partial charge in [-0.1, -0.05) is 43.2 Å². The first kappa shape index (κ1) is 16.0. The fourth-order valence-electron chi connectivity index (χ4n) is 3.63. The molecule has 23 heavy (non-hydrogen) atoms. The lowest BCUT2D eigenvalue weighted by molar-refractivity contribution is -0.131. The third-order valence-corrected chi connectivity index (χ3v) is 5.10. The molecule has 0 atom stereocenters. The van der Waals surface area contributed by atoms with Crippen LogP contribution in [0.2, 0.25) is 0 Å². The van der Waals surface area contributed by atoms with Crippen LogP contribution in [0.25, 0.3) is 0 Å². The van der Waals surface area contributed by atoms with Crippen LogP contribution in [0, 0.1) is 0 Å². The normalized spacial score (nSPS) is 20.3. The van der Waals surface area contributed by atoms with Gasteiger partial charge in [0.25, 0.3) is 5.91 Å². The molecule has 124 valence electrons. The lowest BCUT2D eigenvalue weighted by Gasteiger charge is -2.28. The average Bonchev–Trinajstić information content (AvgIpc) is 3.09. The molecule has 1 saturated carbocycles. The van der Waals surface area contributed by atoms with E-state index in [0.717, 1.165) is 25.7 Å². The molecule has 3 amide bonds. The molecule has 0 aromatic heterocycles. The van der Waals surface area contributed by atoms with Crippen molar-refractivity contribution in [2.75, 3.05) is 13.1 Å². The summed E-state index contributed by atoms with van der Waals surface area (Å²) in [7, 11) is 0. The van der Waals surface area contributed by atoms with Crippen molar-refractivity contribution in [2.24, 2.45) is 0 Å². The summed E-state index contributed by atoms with van der Waals surface area (Å²) >= 11 is 0. The Kier molecular flexibility index (Phi) is 4.15. The Morgan fingerprint density at radius 3 is 2.48 bits per heavy atom. The second kappa shape index (κ2) is 5.96. The Morgan fingerprint density at radius 1 is 1.17 bits per heavy atom. The third kappa shape index (κ3) is 2.98. The quantitative estimate of drug-likeness (QED) is 0.820. The number of rotatable bonds is 5. The largest absolute Gasteiger partial charge is 0.325 e. The van der Waals surface area contributed by atoms with Crippen molar-refractivity contribution >= 4 is 11.9 Å². The second-order valence-electron chi connectivity index (χ2n) is 7.09. The molecule has 1 aliphatic carbocycles. The molecular weight excluding hydrogens is 290 g/mol. The number of hydrogen-bond acceptors (Lipinski definition) is 3. The molecule has 2 aliphatic rings. The van der Waals surface area contributed by atoms with Gasteiger partial charge in [0.1, 0.15) is 5.54 Å². The maximum Gasteiger partial charge on any atom is 0.325 e. The van der Waals surface area contributed by atoms with Crippen LogP contribution in [0.1, 0.15) is 45.1 Å². The van der Waals surface area contributed by atoms with E-state index < -0.39 is 5.54 Å². The van der Waals surface area contributed by atoms with Crippen molar-refractivity contribution in [3.63, 3.8) is 0 Å². The molecule has 1 spiro atoms. The number of carbonyl (C=O) groups excluding carboxylic acids is 2. The van der Waals surface area contributed by atoms with E-state index in [9.17, 15) is 9.59 Å². The molecule has 0 radical (unpaired) electrons. The Labute approximate surface area is 137 Å². The SMILES string of the molecule is CC(C)(NCCN1C(=O)NC2(CCCC2)C1=O)c1ccccc1. The van der Waals surface area contributed by atoms with E-state index in [1.807, 2.05) is 18.2 Å². The van der Waals surface area contributed by atoms with Gasteiger partial charge in [0.15, 0.2) is 0 Å². The maximum absolute atomic E-state index is 12.6. The molecule has 5 nitrogen and oxygen atoms in total. The molecule has 1 aromatic carbocycles. The standard InChI is InChI=1S/C18H25N3O2/c1-17(2,14-8-4-3-5-9-14)19-12-13-21-15(22)18(20-16(21)23)10-6-7-11-18/h3-5,8-9,19H,6-7,10-13H2,1-2H3,(H,20,23). The smallest absolute Gasteiger partial charge is 0.323 e. The van der Waals surface area contributed by atoms with Gasteiger partial charge < -0.3 is 10.6 Å². The molecule has 1 aromatic rings. The lowest BCUT2D eigenvalue weighted by atomic mass is 9.94. The zero-order valence-electron chi connectivity index (χ0n) is 13.9. The number of carbonyl (C=O) groups is 2. The average molecular weight is 315 g/mol. The van der Waals surface area contributed by atoms with Gasteiger partial charge in [-0.05, 0) is 32.3 Å². The first-order valence-electron chi connectivity index (χ1n) is 8.39. The monoisotopic (exact) mass is 315 g/mol. The summed E-state index contributed by atoms with van der Waals surface area (Å²) in [6.45, 7) is 5.19. The minimum Gasteiger partial charge on any atom is -0.323 e. The fourth-order valence-corrected chi connectivity index (χ4v) is 3.63. The number of benzene rings is 1. The van der Waals surface area contributed by atoms with Crippen molar-refractivity contribution in [1.82, 2.24) is 15.5 Å². The molecule has 1 aliphatic heterocycles. The van der Waals surface area contributed by atoms with Crippen LogP contribution in [-0.4, -0.2) is 35.5 Å². The summed E-state index contributed by atoms with van der Waals surface area (Å²) in [4.78, 5) is 26.1. The predicted octanol–water partition coefficient (Wildman–Crippen LogP) is 2.38. The maximum atomic E-state index is 12.6. The number of amides is 3. The van der Waals surface area contributed by atoms with E-state index in [1.54, 1.807) is 0 Å². The minimum atomic E-state index is -0.605. The zero-order chi connectivity index (χ0) is 16.5. The Balaban J connectivity index is 1.58. The highest BCUT2D eigenvalue weighted by atomic mass is 16.2. The molecule has 1 heterocycles. The van der Waals surface area contributed by atoms with Crippen LogP contribution in [-0.2, 0) is 10.3 Å². The zero-order valence-corrected chi connectivity index (χ0v) is 13.9. The van der Waals surface area contributed by atoms with Gasteiger partial charge >= 0.3 is 6.03 Å². The number of imide groups is 1. The third-order valence-electron chi connectivity index (χ3n) is 5.10. The highest BCUT2D eigenvalue weighted by Gasteiger charge is 2.52. The minimum absolute atomic E-state index is 0.0423. The fraction of sp³-hybridized carbons (Fsp3) is 0.556. The van der Waals surface area contributed by atoms with Gasteiger partial charge in [0, 0.05) is 18.6 Å². The van der Waals surface area contributed by atoms with E-state index >= 15 is 0 Å². The van der Waals surface area contributed by atoms with E-state index in [0.29, 0.717) is 13.1 Å². The summed E-state index contributed by atoms with van der Waals surface area (Å²) < 4.78 is 0. The summed E-state index contributed by atoms with van der Waals surface area (Å²) in [6, 6.07) is 9.94. The van der Waals surface area contributed by atoms with Gasteiger partial charge in [-0.15, -0.1) is 0 Å². The summed E-state index contributed by atoms with van der Waals surface area (Å²) in [5.41, 5.74) is 0.377. The highest BCUT2D eigenvalue weighted by Crippen LogP contribution is 2.34.